The van der Waals surface area contributed by atoms with E-state index in [0.29, 0.717) is 12.3 Å². The molecule has 0 amide bonds. The molecule has 2 nitrogen and oxygen atoms in total. The third kappa shape index (κ3) is 4.96. The highest BCUT2D eigenvalue weighted by atomic mass is 32.3. The zero-order chi connectivity index (χ0) is 11.5. The monoisotopic (exact) mass is 236 g/mol. The van der Waals surface area contributed by atoms with E-state index in [-0.39, 0.29) is 5.75 Å². The molecule has 0 aromatic rings. The molecule has 90 valence electrons. The number of hydrogen-bond acceptors (Lipinski definition) is 2. The van der Waals surface area contributed by atoms with Crippen LogP contribution in [0.5, 0.6) is 0 Å². The fourth-order valence-corrected chi connectivity index (χ4v) is 3.07. The predicted octanol–water partition coefficient (Wildman–Crippen LogP) is 3.14. The van der Waals surface area contributed by atoms with Crippen molar-refractivity contribution in [2.24, 2.45) is 17.8 Å². The van der Waals surface area contributed by atoms with Gasteiger partial charge in [0.2, 0.25) is 0 Å². The molecule has 1 aliphatic carbocycles. The molecular weight excluding hydrogens is 215 g/mol. The molecule has 4 heteroatoms. The third-order valence-corrected chi connectivity index (χ3v) is 4.33. The second kappa shape index (κ2) is 5.28. The van der Waals surface area contributed by atoms with Crippen molar-refractivity contribution in [1.29, 1.82) is 0 Å². The van der Waals surface area contributed by atoms with E-state index in [4.69, 9.17) is 0 Å². The maximum atomic E-state index is 12.3. The molecule has 0 N–H and O–H groups in total. The van der Waals surface area contributed by atoms with Crippen molar-refractivity contribution in [3.05, 3.63) is 0 Å². The summed E-state index contributed by atoms with van der Waals surface area (Å²) in [7, 11) is -4.25. The van der Waals surface area contributed by atoms with Crippen molar-refractivity contribution >= 4 is 10.2 Å². The molecule has 0 aliphatic heterocycles. The SMILES string of the molecule is CC(C)C1CCC(CCS(=O)(=O)F)CC1. The summed E-state index contributed by atoms with van der Waals surface area (Å²) in [5.41, 5.74) is 0. The van der Waals surface area contributed by atoms with Gasteiger partial charge in [0.15, 0.2) is 0 Å². The maximum absolute atomic E-state index is 12.3. The van der Waals surface area contributed by atoms with Crippen LogP contribution < -0.4 is 0 Å². The van der Waals surface area contributed by atoms with Gasteiger partial charge in [-0.3, -0.25) is 0 Å². The molecular formula is C11H21FO2S. The van der Waals surface area contributed by atoms with E-state index in [1.807, 2.05) is 0 Å². The van der Waals surface area contributed by atoms with E-state index in [1.54, 1.807) is 0 Å². The Bertz CT molecular complexity index is 277. The standard InChI is InChI=1S/C11H21FO2S/c1-9(2)11-5-3-10(4-6-11)7-8-15(12,13)14/h9-11H,3-8H2,1-2H3. The number of hydrogen-bond donors (Lipinski definition) is 0. The Morgan fingerprint density at radius 1 is 1.20 bits per heavy atom. The van der Waals surface area contributed by atoms with Crippen molar-refractivity contribution in [3.63, 3.8) is 0 Å². The van der Waals surface area contributed by atoms with Crippen molar-refractivity contribution in [3.8, 4) is 0 Å². The van der Waals surface area contributed by atoms with E-state index in [2.05, 4.69) is 13.8 Å². The summed E-state index contributed by atoms with van der Waals surface area (Å²) >= 11 is 0. The van der Waals surface area contributed by atoms with Crippen molar-refractivity contribution < 1.29 is 12.3 Å². The lowest BCUT2D eigenvalue weighted by molar-refractivity contribution is 0.221. The molecule has 0 aromatic heterocycles. The molecule has 1 rings (SSSR count). The third-order valence-electron chi connectivity index (χ3n) is 3.60. The van der Waals surface area contributed by atoms with Gasteiger partial charge in [0.25, 0.3) is 0 Å². The topological polar surface area (TPSA) is 34.1 Å². The van der Waals surface area contributed by atoms with E-state index in [0.717, 1.165) is 24.7 Å². The minimum atomic E-state index is -4.25. The van der Waals surface area contributed by atoms with E-state index >= 15 is 0 Å². The summed E-state index contributed by atoms with van der Waals surface area (Å²) in [6.07, 6.45) is 4.99. The van der Waals surface area contributed by atoms with Crippen LogP contribution in [0.4, 0.5) is 3.89 Å². The molecule has 0 radical (unpaired) electrons. The van der Waals surface area contributed by atoms with Gasteiger partial charge in [-0.05, 0) is 37.0 Å². The Labute approximate surface area is 92.5 Å². The number of halogens is 1. The average molecular weight is 236 g/mol. The molecule has 0 spiro atoms. The Balaban J connectivity index is 2.26. The van der Waals surface area contributed by atoms with Gasteiger partial charge in [-0.15, -0.1) is 3.89 Å². The highest BCUT2D eigenvalue weighted by Crippen LogP contribution is 2.34. The zero-order valence-electron chi connectivity index (χ0n) is 9.58. The van der Waals surface area contributed by atoms with Crippen LogP contribution in [0.25, 0.3) is 0 Å². The highest BCUT2D eigenvalue weighted by Gasteiger charge is 2.24. The second-order valence-corrected chi connectivity index (χ2v) is 6.54. The largest absolute Gasteiger partial charge is 0.302 e. The van der Waals surface area contributed by atoms with Gasteiger partial charge in [-0.2, -0.15) is 8.42 Å². The fourth-order valence-electron chi connectivity index (χ4n) is 2.45. The van der Waals surface area contributed by atoms with Crippen molar-refractivity contribution in [2.45, 2.75) is 46.0 Å². The van der Waals surface area contributed by atoms with Gasteiger partial charge < -0.3 is 0 Å². The summed E-state index contributed by atoms with van der Waals surface area (Å²) in [6.45, 7) is 4.47. The molecule has 0 heterocycles. The van der Waals surface area contributed by atoms with Crippen LogP contribution in [0.3, 0.4) is 0 Å². The molecule has 1 fully saturated rings. The summed E-state index contributed by atoms with van der Waals surface area (Å²) < 4.78 is 33.1. The highest BCUT2D eigenvalue weighted by molar-refractivity contribution is 7.86. The quantitative estimate of drug-likeness (QED) is 0.703. The van der Waals surface area contributed by atoms with Crippen molar-refractivity contribution in [1.82, 2.24) is 0 Å². The van der Waals surface area contributed by atoms with Gasteiger partial charge in [0.1, 0.15) is 0 Å². The summed E-state index contributed by atoms with van der Waals surface area (Å²) in [5.74, 6) is 1.63. The molecule has 0 unspecified atom stereocenters. The van der Waals surface area contributed by atoms with Crippen LogP contribution in [0, 0.1) is 17.8 Å². The Morgan fingerprint density at radius 3 is 2.13 bits per heavy atom. The van der Waals surface area contributed by atoms with Crippen molar-refractivity contribution in [2.75, 3.05) is 5.75 Å². The first-order valence-corrected chi connectivity index (χ1v) is 7.36. The molecule has 0 atom stereocenters. The minimum Gasteiger partial charge on any atom is -0.195 e. The fraction of sp³-hybridized carbons (Fsp3) is 1.00. The summed E-state index contributed by atoms with van der Waals surface area (Å²) in [6, 6.07) is 0. The van der Waals surface area contributed by atoms with Crippen LogP contribution in [-0.4, -0.2) is 14.2 Å². The molecule has 1 saturated carbocycles. The second-order valence-electron chi connectivity index (χ2n) is 5.06. The van der Waals surface area contributed by atoms with Crippen LogP contribution in [0.15, 0.2) is 0 Å². The Kier molecular flexibility index (Phi) is 4.56. The maximum Gasteiger partial charge on any atom is 0.302 e. The lowest BCUT2D eigenvalue weighted by Crippen LogP contribution is -2.20. The first kappa shape index (κ1) is 12.9. The molecule has 0 bridgehead atoms. The zero-order valence-corrected chi connectivity index (χ0v) is 10.4. The van der Waals surface area contributed by atoms with Crippen LogP contribution in [0.1, 0.15) is 46.0 Å². The van der Waals surface area contributed by atoms with E-state index < -0.39 is 10.2 Å². The average Bonchev–Trinajstić information content (AvgIpc) is 2.14. The lowest BCUT2D eigenvalue weighted by Gasteiger charge is -2.30. The van der Waals surface area contributed by atoms with E-state index in [1.165, 1.54) is 12.8 Å². The van der Waals surface area contributed by atoms with Gasteiger partial charge >= 0.3 is 10.2 Å². The van der Waals surface area contributed by atoms with Gasteiger partial charge in [-0.25, -0.2) is 0 Å². The molecule has 15 heavy (non-hydrogen) atoms. The van der Waals surface area contributed by atoms with Gasteiger partial charge in [0, 0.05) is 0 Å². The Hall–Kier alpha value is -0.120. The Morgan fingerprint density at radius 2 is 1.73 bits per heavy atom. The summed E-state index contributed by atoms with van der Waals surface area (Å²) in [5, 5.41) is 0. The number of rotatable bonds is 4. The van der Waals surface area contributed by atoms with Crippen LogP contribution in [0.2, 0.25) is 0 Å². The predicted molar refractivity (Wildman–Crippen MR) is 59.8 cm³/mol. The minimum absolute atomic E-state index is 0.288. The first-order valence-electron chi connectivity index (χ1n) is 5.81. The molecule has 1 aliphatic rings. The molecule has 0 aromatic carbocycles. The van der Waals surface area contributed by atoms with Gasteiger partial charge in [-0.1, -0.05) is 26.7 Å². The van der Waals surface area contributed by atoms with Crippen LogP contribution >= 0.6 is 0 Å². The first-order chi connectivity index (χ1) is 6.88. The summed E-state index contributed by atoms with van der Waals surface area (Å²) in [4.78, 5) is 0. The normalized spacial score (nSPS) is 28.3. The smallest absolute Gasteiger partial charge is 0.195 e. The van der Waals surface area contributed by atoms with Gasteiger partial charge in [0.05, 0.1) is 5.75 Å². The van der Waals surface area contributed by atoms with Crippen LogP contribution in [-0.2, 0) is 10.2 Å². The molecule has 0 saturated heterocycles. The lowest BCUT2D eigenvalue weighted by atomic mass is 9.76. The van der Waals surface area contributed by atoms with E-state index in [9.17, 15) is 12.3 Å².